The Morgan fingerprint density at radius 1 is 1.09 bits per heavy atom. The lowest BCUT2D eigenvalue weighted by atomic mass is 10.3. The Balaban J connectivity index is 0.000000284. The standard InChI is InChI=1S/C11H13N3O.C4H4O4/c1-8-10(12)11(15)14(13(8)2)9-6-4-3-5-7-9;5-3(6)1-2-4(7)8/h3-7H,12H2,1-2H3;1-2H,(H,5,6)(H,7,8)/b;2-1-. The van der Waals surface area contributed by atoms with E-state index in [0.717, 1.165) is 11.4 Å². The van der Waals surface area contributed by atoms with E-state index >= 15 is 0 Å². The highest BCUT2D eigenvalue weighted by molar-refractivity contribution is 5.89. The van der Waals surface area contributed by atoms with Crippen LogP contribution >= 0.6 is 0 Å². The Morgan fingerprint density at radius 3 is 1.91 bits per heavy atom. The minimum atomic E-state index is -1.26. The summed E-state index contributed by atoms with van der Waals surface area (Å²) in [5, 5.41) is 15.6. The monoisotopic (exact) mass is 319 g/mol. The number of carboxylic acid groups (broad SMARTS) is 2. The SMILES string of the molecule is Cc1c(N)c(=O)n(-c2ccccc2)n1C.O=C(O)/C=C\C(=O)O. The molecule has 1 aromatic carbocycles. The third kappa shape index (κ3) is 4.60. The van der Waals surface area contributed by atoms with Gasteiger partial charge in [0, 0.05) is 19.2 Å². The average Bonchev–Trinajstić information content (AvgIpc) is 2.70. The van der Waals surface area contributed by atoms with Crippen molar-refractivity contribution in [1.29, 1.82) is 0 Å². The van der Waals surface area contributed by atoms with Crippen molar-refractivity contribution in [3.63, 3.8) is 0 Å². The van der Waals surface area contributed by atoms with Gasteiger partial charge in [-0.05, 0) is 19.1 Å². The number of carbonyl (C=O) groups is 2. The Bertz CT molecular complexity index is 771. The number of carboxylic acids is 2. The van der Waals surface area contributed by atoms with Crippen LogP contribution in [0.1, 0.15) is 5.69 Å². The number of nitrogen functional groups attached to an aromatic ring is 1. The third-order valence-electron chi connectivity index (χ3n) is 2.97. The van der Waals surface area contributed by atoms with E-state index < -0.39 is 11.9 Å². The molecule has 23 heavy (non-hydrogen) atoms. The zero-order chi connectivity index (χ0) is 17.6. The van der Waals surface area contributed by atoms with Crippen LogP contribution in [-0.4, -0.2) is 31.5 Å². The van der Waals surface area contributed by atoms with Crippen molar-refractivity contribution < 1.29 is 19.8 Å². The number of benzene rings is 1. The first-order valence-corrected chi connectivity index (χ1v) is 6.49. The van der Waals surface area contributed by atoms with Gasteiger partial charge < -0.3 is 15.9 Å². The van der Waals surface area contributed by atoms with Crippen molar-refractivity contribution in [3.05, 3.63) is 58.5 Å². The third-order valence-corrected chi connectivity index (χ3v) is 2.97. The minimum absolute atomic E-state index is 0.166. The quantitative estimate of drug-likeness (QED) is 0.717. The molecule has 0 aliphatic carbocycles. The summed E-state index contributed by atoms with van der Waals surface area (Å²) < 4.78 is 3.32. The first-order chi connectivity index (χ1) is 10.8. The van der Waals surface area contributed by atoms with Gasteiger partial charge in [0.2, 0.25) is 0 Å². The number of hydrogen-bond acceptors (Lipinski definition) is 4. The molecule has 0 fully saturated rings. The number of hydrogen-bond donors (Lipinski definition) is 3. The summed E-state index contributed by atoms with van der Waals surface area (Å²) in [5.74, 6) is -2.51. The average molecular weight is 319 g/mol. The van der Waals surface area contributed by atoms with Crippen LogP contribution in [0.15, 0.2) is 47.3 Å². The molecule has 0 bridgehead atoms. The summed E-state index contributed by atoms with van der Waals surface area (Å²) in [7, 11) is 1.82. The van der Waals surface area contributed by atoms with Crippen molar-refractivity contribution in [3.8, 4) is 5.69 Å². The molecule has 0 amide bonds. The summed E-state index contributed by atoms with van der Waals surface area (Å²) in [6.07, 6.45) is 1.12. The smallest absolute Gasteiger partial charge is 0.328 e. The molecule has 0 aliphatic rings. The van der Waals surface area contributed by atoms with Gasteiger partial charge in [0.05, 0.1) is 11.4 Å². The van der Waals surface area contributed by atoms with Crippen LogP contribution in [-0.2, 0) is 16.6 Å². The fraction of sp³-hybridized carbons (Fsp3) is 0.133. The summed E-state index contributed by atoms with van der Waals surface area (Å²) in [6, 6.07) is 9.44. The van der Waals surface area contributed by atoms with Crippen molar-refractivity contribution in [2.24, 2.45) is 7.05 Å². The minimum Gasteiger partial charge on any atom is -0.478 e. The topological polar surface area (TPSA) is 128 Å². The van der Waals surface area contributed by atoms with Gasteiger partial charge in [0.1, 0.15) is 5.69 Å². The molecule has 1 aromatic heterocycles. The van der Waals surface area contributed by atoms with Gasteiger partial charge in [-0.1, -0.05) is 18.2 Å². The number of rotatable bonds is 3. The van der Waals surface area contributed by atoms with Gasteiger partial charge in [0.25, 0.3) is 5.56 Å². The number of nitrogens with two attached hydrogens (primary N) is 1. The first kappa shape index (κ1) is 17.8. The second-order valence-corrected chi connectivity index (χ2v) is 4.49. The normalized spacial score (nSPS) is 10.2. The van der Waals surface area contributed by atoms with Crippen LogP contribution in [0, 0.1) is 6.92 Å². The van der Waals surface area contributed by atoms with Gasteiger partial charge in [-0.15, -0.1) is 0 Å². The Kier molecular flexibility index (Phi) is 5.90. The van der Waals surface area contributed by atoms with E-state index in [1.165, 1.54) is 0 Å². The summed E-state index contributed by atoms with van der Waals surface area (Å²) in [5.41, 5.74) is 7.43. The molecule has 0 spiro atoms. The molecule has 8 nitrogen and oxygen atoms in total. The lowest BCUT2D eigenvalue weighted by Gasteiger charge is -2.07. The van der Waals surface area contributed by atoms with Crippen molar-refractivity contribution in [2.45, 2.75) is 6.92 Å². The second kappa shape index (κ2) is 7.64. The summed E-state index contributed by atoms with van der Waals surface area (Å²) >= 11 is 0. The predicted molar refractivity (Wildman–Crippen MR) is 84.6 cm³/mol. The molecule has 8 heteroatoms. The van der Waals surface area contributed by atoms with Crippen LogP contribution in [0.5, 0.6) is 0 Å². The maximum absolute atomic E-state index is 11.8. The van der Waals surface area contributed by atoms with Gasteiger partial charge in [-0.3, -0.25) is 9.48 Å². The van der Waals surface area contributed by atoms with E-state index in [-0.39, 0.29) is 5.56 Å². The highest BCUT2D eigenvalue weighted by atomic mass is 16.4. The van der Waals surface area contributed by atoms with E-state index in [1.54, 1.807) is 9.36 Å². The van der Waals surface area contributed by atoms with E-state index in [2.05, 4.69) is 0 Å². The van der Waals surface area contributed by atoms with Gasteiger partial charge in [-0.25, -0.2) is 14.3 Å². The Hall–Kier alpha value is -3.29. The molecule has 1 heterocycles. The van der Waals surface area contributed by atoms with Gasteiger partial charge >= 0.3 is 11.9 Å². The highest BCUT2D eigenvalue weighted by Crippen LogP contribution is 2.10. The zero-order valence-electron chi connectivity index (χ0n) is 12.6. The Morgan fingerprint density at radius 2 is 1.57 bits per heavy atom. The summed E-state index contributed by atoms with van der Waals surface area (Å²) in [4.78, 5) is 30.9. The molecular formula is C15H17N3O5. The summed E-state index contributed by atoms with van der Waals surface area (Å²) in [6.45, 7) is 1.83. The van der Waals surface area contributed by atoms with Crippen molar-refractivity contribution in [2.75, 3.05) is 5.73 Å². The number of para-hydroxylation sites is 1. The van der Waals surface area contributed by atoms with Crippen LogP contribution in [0.3, 0.4) is 0 Å². The van der Waals surface area contributed by atoms with Crippen molar-refractivity contribution >= 4 is 17.6 Å². The number of aliphatic carboxylic acids is 2. The largest absolute Gasteiger partial charge is 0.478 e. The van der Waals surface area contributed by atoms with Gasteiger partial charge in [0.15, 0.2) is 0 Å². The predicted octanol–water partition coefficient (Wildman–Crippen LogP) is 0.778. The fourth-order valence-electron chi connectivity index (χ4n) is 1.73. The van der Waals surface area contributed by atoms with E-state index in [0.29, 0.717) is 17.8 Å². The Labute approximate surface area is 131 Å². The molecule has 0 radical (unpaired) electrons. The molecule has 0 atom stereocenters. The highest BCUT2D eigenvalue weighted by Gasteiger charge is 2.12. The molecule has 2 aromatic rings. The molecule has 0 aliphatic heterocycles. The molecule has 122 valence electrons. The number of anilines is 1. The lowest BCUT2D eigenvalue weighted by Crippen LogP contribution is -2.20. The molecule has 0 unspecified atom stereocenters. The van der Waals surface area contributed by atoms with E-state index in [1.807, 2.05) is 44.3 Å². The number of nitrogens with zero attached hydrogens (tertiary/aromatic N) is 2. The van der Waals surface area contributed by atoms with Crippen molar-refractivity contribution in [1.82, 2.24) is 9.36 Å². The molecule has 4 N–H and O–H groups in total. The second-order valence-electron chi connectivity index (χ2n) is 4.49. The zero-order valence-corrected chi connectivity index (χ0v) is 12.6. The van der Waals surface area contributed by atoms with E-state index in [9.17, 15) is 14.4 Å². The van der Waals surface area contributed by atoms with Gasteiger partial charge in [-0.2, -0.15) is 0 Å². The molecule has 0 saturated carbocycles. The maximum Gasteiger partial charge on any atom is 0.328 e. The lowest BCUT2D eigenvalue weighted by molar-refractivity contribution is -0.134. The van der Waals surface area contributed by atoms with Crippen LogP contribution in [0.2, 0.25) is 0 Å². The molecule has 0 saturated heterocycles. The molecule has 2 rings (SSSR count). The van der Waals surface area contributed by atoms with Crippen LogP contribution in [0.25, 0.3) is 5.69 Å². The molecular weight excluding hydrogens is 302 g/mol. The van der Waals surface area contributed by atoms with Crippen LogP contribution < -0.4 is 11.3 Å². The first-order valence-electron chi connectivity index (χ1n) is 6.49. The van der Waals surface area contributed by atoms with E-state index in [4.69, 9.17) is 15.9 Å². The fourth-order valence-corrected chi connectivity index (χ4v) is 1.73. The number of aromatic nitrogens is 2. The van der Waals surface area contributed by atoms with Crippen LogP contribution in [0.4, 0.5) is 5.69 Å². The maximum atomic E-state index is 11.8.